The summed E-state index contributed by atoms with van der Waals surface area (Å²) in [7, 11) is 1.76. The number of rotatable bonds is 5. The van der Waals surface area contributed by atoms with Crippen LogP contribution in [0.2, 0.25) is 0 Å². The first-order chi connectivity index (χ1) is 9.39. The third-order valence-electron chi connectivity index (χ3n) is 3.90. The highest BCUT2D eigenvalue weighted by Crippen LogP contribution is 2.30. The predicted octanol–water partition coefficient (Wildman–Crippen LogP) is 2.24. The van der Waals surface area contributed by atoms with Gasteiger partial charge in [0, 0.05) is 18.7 Å². The van der Waals surface area contributed by atoms with Crippen molar-refractivity contribution in [2.75, 3.05) is 20.1 Å². The minimum absolute atomic E-state index is 0.0461. The zero-order chi connectivity index (χ0) is 14.8. The molecule has 0 bridgehead atoms. The summed E-state index contributed by atoms with van der Waals surface area (Å²) >= 11 is 0. The fourth-order valence-electron chi connectivity index (χ4n) is 2.92. The monoisotopic (exact) mass is 285 g/mol. The number of hydrogen-bond acceptors (Lipinski definition) is 3. The van der Waals surface area contributed by atoms with Crippen LogP contribution < -0.4 is 0 Å². The van der Waals surface area contributed by atoms with Crippen LogP contribution in [0.5, 0.6) is 0 Å². The maximum Gasteiger partial charge on any atom is 0.129 e. The van der Waals surface area contributed by atoms with E-state index in [1.54, 1.807) is 11.9 Å². The number of hydrogen-bond donors (Lipinski definition) is 2. The van der Waals surface area contributed by atoms with Gasteiger partial charge in [0.25, 0.3) is 0 Å². The van der Waals surface area contributed by atoms with Crippen LogP contribution in [-0.4, -0.2) is 40.9 Å². The lowest BCUT2D eigenvalue weighted by molar-refractivity contribution is 0.00448. The third kappa shape index (κ3) is 3.75. The zero-order valence-electron chi connectivity index (χ0n) is 11.6. The highest BCUT2D eigenvalue weighted by atomic mass is 19.1. The van der Waals surface area contributed by atoms with E-state index in [-0.39, 0.29) is 12.1 Å². The molecule has 0 radical (unpaired) electrons. The van der Waals surface area contributed by atoms with E-state index in [1.807, 2.05) is 0 Å². The van der Waals surface area contributed by atoms with Gasteiger partial charge in [-0.1, -0.05) is 12.8 Å². The second-order valence-corrected chi connectivity index (χ2v) is 5.81. The van der Waals surface area contributed by atoms with Gasteiger partial charge in [0.05, 0.1) is 11.7 Å². The molecule has 1 aliphatic carbocycles. The number of benzene rings is 1. The summed E-state index contributed by atoms with van der Waals surface area (Å²) in [5.74, 6) is -1.19. The fraction of sp³-hybridized carbons (Fsp3) is 0.600. The third-order valence-corrected chi connectivity index (χ3v) is 3.90. The topological polar surface area (TPSA) is 43.7 Å². The average molecular weight is 285 g/mol. The molecule has 0 aromatic heterocycles. The highest BCUT2D eigenvalue weighted by Gasteiger charge is 2.32. The van der Waals surface area contributed by atoms with Crippen molar-refractivity contribution in [3.63, 3.8) is 0 Å². The van der Waals surface area contributed by atoms with E-state index >= 15 is 0 Å². The van der Waals surface area contributed by atoms with Crippen molar-refractivity contribution in [2.45, 2.75) is 37.4 Å². The SMILES string of the molecule is CN(CC(O)c1cc(F)ccc1F)CC1(O)CCCC1. The largest absolute Gasteiger partial charge is 0.389 e. The Morgan fingerprint density at radius 2 is 1.95 bits per heavy atom. The first-order valence-corrected chi connectivity index (χ1v) is 6.94. The Bertz CT molecular complexity index is 461. The maximum absolute atomic E-state index is 13.6. The van der Waals surface area contributed by atoms with Crippen LogP contribution in [-0.2, 0) is 0 Å². The molecule has 2 rings (SSSR count). The van der Waals surface area contributed by atoms with Crippen molar-refractivity contribution >= 4 is 0 Å². The Kier molecular flexibility index (Phi) is 4.73. The van der Waals surface area contributed by atoms with Crippen molar-refractivity contribution in [3.05, 3.63) is 35.4 Å². The molecule has 1 atom stereocenters. The van der Waals surface area contributed by atoms with Crippen LogP contribution in [0.25, 0.3) is 0 Å². The molecule has 1 aromatic carbocycles. The quantitative estimate of drug-likeness (QED) is 0.872. The molecule has 0 heterocycles. The van der Waals surface area contributed by atoms with Gasteiger partial charge in [-0.25, -0.2) is 8.78 Å². The predicted molar refractivity (Wildman–Crippen MR) is 72.2 cm³/mol. The molecule has 1 fully saturated rings. The summed E-state index contributed by atoms with van der Waals surface area (Å²) in [6.07, 6.45) is 2.40. The van der Waals surface area contributed by atoms with Crippen LogP contribution in [0.4, 0.5) is 8.78 Å². The minimum Gasteiger partial charge on any atom is -0.389 e. The van der Waals surface area contributed by atoms with Gasteiger partial charge in [-0.05, 0) is 38.1 Å². The Hall–Kier alpha value is -1.04. The molecule has 1 aliphatic rings. The molecule has 2 N–H and O–H groups in total. The fourth-order valence-corrected chi connectivity index (χ4v) is 2.92. The molecule has 112 valence electrons. The number of aliphatic hydroxyl groups is 2. The molecular formula is C15H21F2NO2. The molecule has 5 heteroatoms. The van der Waals surface area contributed by atoms with Gasteiger partial charge < -0.3 is 15.1 Å². The molecular weight excluding hydrogens is 264 g/mol. The van der Waals surface area contributed by atoms with E-state index in [9.17, 15) is 19.0 Å². The standard InChI is InChI=1S/C15H21F2NO2/c1-18(10-15(20)6-2-3-7-15)9-14(19)12-8-11(16)4-5-13(12)17/h4-5,8,14,19-20H,2-3,6-7,9-10H2,1H3. The number of nitrogens with zero attached hydrogens (tertiary/aromatic N) is 1. The van der Waals surface area contributed by atoms with Crippen molar-refractivity contribution in [1.29, 1.82) is 0 Å². The molecule has 1 aromatic rings. The van der Waals surface area contributed by atoms with E-state index in [1.165, 1.54) is 0 Å². The summed E-state index contributed by atoms with van der Waals surface area (Å²) < 4.78 is 26.7. The number of likely N-dealkylation sites (N-methyl/N-ethyl adjacent to an activating group) is 1. The smallest absolute Gasteiger partial charge is 0.129 e. The zero-order valence-corrected chi connectivity index (χ0v) is 11.6. The number of aliphatic hydroxyl groups excluding tert-OH is 1. The Morgan fingerprint density at radius 3 is 2.60 bits per heavy atom. The van der Waals surface area contributed by atoms with E-state index in [0.717, 1.165) is 43.9 Å². The highest BCUT2D eigenvalue weighted by molar-refractivity contribution is 5.21. The van der Waals surface area contributed by atoms with Crippen molar-refractivity contribution in [3.8, 4) is 0 Å². The molecule has 0 saturated heterocycles. The van der Waals surface area contributed by atoms with Crippen molar-refractivity contribution in [2.24, 2.45) is 0 Å². The van der Waals surface area contributed by atoms with Crippen molar-refractivity contribution in [1.82, 2.24) is 4.90 Å². The Labute approximate surface area is 117 Å². The molecule has 0 aliphatic heterocycles. The molecule has 0 amide bonds. The number of halogens is 2. The lowest BCUT2D eigenvalue weighted by atomic mass is 10.0. The van der Waals surface area contributed by atoms with Gasteiger partial charge >= 0.3 is 0 Å². The van der Waals surface area contributed by atoms with Gasteiger partial charge in [-0.3, -0.25) is 0 Å². The van der Waals surface area contributed by atoms with E-state index < -0.39 is 23.3 Å². The first kappa shape index (κ1) is 15.4. The van der Waals surface area contributed by atoms with Crippen LogP contribution >= 0.6 is 0 Å². The lowest BCUT2D eigenvalue weighted by Crippen LogP contribution is -2.40. The minimum atomic E-state index is -1.11. The molecule has 0 spiro atoms. The van der Waals surface area contributed by atoms with Crippen LogP contribution in [0.15, 0.2) is 18.2 Å². The van der Waals surface area contributed by atoms with Gasteiger partial charge in [0.2, 0.25) is 0 Å². The summed E-state index contributed by atoms with van der Waals surface area (Å²) in [4.78, 5) is 1.76. The molecule has 1 unspecified atom stereocenters. The molecule has 20 heavy (non-hydrogen) atoms. The van der Waals surface area contributed by atoms with Crippen molar-refractivity contribution < 1.29 is 19.0 Å². The van der Waals surface area contributed by atoms with Gasteiger partial charge in [-0.2, -0.15) is 0 Å². The van der Waals surface area contributed by atoms with Gasteiger partial charge in [0.1, 0.15) is 11.6 Å². The Balaban J connectivity index is 1.96. The van der Waals surface area contributed by atoms with Crippen LogP contribution in [0, 0.1) is 11.6 Å². The first-order valence-electron chi connectivity index (χ1n) is 6.94. The molecule has 1 saturated carbocycles. The maximum atomic E-state index is 13.6. The normalized spacial score (nSPS) is 19.5. The van der Waals surface area contributed by atoms with Crippen LogP contribution in [0.3, 0.4) is 0 Å². The molecule has 3 nitrogen and oxygen atoms in total. The van der Waals surface area contributed by atoms with Gasteiger partial charge in [0.15, 0.2) is 0 Å². The average Bonchev–Trinajstić information content (AvgIpc) is 2.78. The summed E-state index contributed by atoms with van der Waals surface area (Å²) in [5.41, 5.74) is -0.759. The summed E-state index contributed by atoms with van der Waals surface area (Å²) in [6.45, 7) is 0.587. The van der Waals surface area contributed by atoms with E-state index in [0.29, 0.717) is 6.54 Å². The lowest BCUT2D eigenvalue weighted by Gasteiger charge is -2.30. The van der Waals surface area contributed by atoms with E-state index in [2.05, 4.69) is 0 Å². The van der Waals surface area contributed by atoms with Gasteiger partial charge in [-0.15, -0.1) is 0 Å². The van der Waals surface area contributed by atoms with Crippen LogP contribution in [0.1, 0.15) is 37.4 Å². The second-order valence-electron chi connectivity index (χ2n) is 5.81. The second kappa shape index (κ2) is 6.16. The summed E-state index contributed by atoms with van der Waals surface area (Å²) in [6, 6.07) is 3.05. The Morgan fingerprint density at radius 1 is 1.30 bits per heavy atom. The summed E-state index contributed by atoms with van der Waals surface area (Å²) in [5, 5.41) is 20.3. The van der Waals surface area contributed by atoms with E-state index in [4.69, 9.17) is 0 Å².